The SMILES string of the molecule is CC1CCN(S(=O)(=O)Nc2c(C(N)=S)cnn2C)CC1. The van der Waals surface area contributed by atoms with E-state index in [0.29, 0.717) is 30.4 Å². The summed E-state index contributed by atoms with van der Waals surface area (Å²) in [5, 5.41) is 3.98. The van der Waals surface area contributed by atoms with Gasteiger partial charge in [-0.25, -0.2) is 0 Å². The zero-order valence-corrected chi connectivity index (χ0v) is 13.2. The van der Waals surface area contributed by atoms with Crippen molar-refractivity contribution in [3.8, 4) is 0 Å². The molecule has 0 atom stereocenters. The molecule has 0 amide bonds. The van der Waals surface area contributed by atoms with Gasteiger partial charge in [0.05, 0.1) is 11.8 Å². The lowest BCUT2D eigenvalue weighted by Gasteiger charge is -2.29. The first-order valence-corrected chi connectivity index (χ1v) is 8.26. The Bertz CT molecular complexity index is 602. The molecule has 1 aromatic rings. The molecule has 1 aliphatic heterocycles. The van der Waals surface area contributed by atoms with Crippen molar-refractivity contribution in [1.29, 1.82) is 0 Å². The van der Waals surface area contributed by atoms with Crippen molar-refractivity contribution in [1.82, 2.24) is 14.1 Å². The molecule has 1 fully saturated rings. The molecule has 9 heteroatoms. The first-order chi connectivity index (χ1) is 9.31. The summed E-state index contributed by atoms with van der Waals surface area (Å²) >= 11 is 4.90. The number of aryl methyl sites for hydroxylation is 1. The molecule has 0 aliphatic carbocycles. The number of piperidine rings is 1. The molecule has 20 heavy (non-hydrogen) atoms. The van der Waals surface area contributed by atoms with Gasteiger partial charge in [0.15, 0.2) is 0 Å². The van der Waals surface area contributed by atoms with E-state index < -0.39 is 10.2 Å². The molecule has 1 aromatic heterocycles. The van der Waals surface area contributed by atoms with Crippen LogP contribution in [0.15, 0.2) is 6.20 Å². The van der Waals surface area contributed by atoms with Crippen LogP contribution in [0.5, 0.6) is 0 Å². The number of thiocarbonyl (C=S) groups is 1. The fourth-order valence-electron chi connectivity index (χ4n) is 2.15. The summed E-state index contributed by atoms with van der Waals surface area (Å²) in [6, 6.07) is 0. The summed E-state index contributed by atoms with van der Waals surface area (Å²) in [6.45, 7) is 3.18. The van der Waals surface area contributed by atoms with Gasteiger partial charge < -0.3 is 5.73 Å². The third kappa shape index (κ3) is 3.10. The van der Waals surface area contributed by atoms with Crippen LogP contribution in [0.3, 0.4) is 0 Å². The van der Waals surface area contributed by atoms with Crippen molar-refractivity contribution in [2.24, 2.45) is 18.7 Å². The number of anilines is 1. The minimum absolute atomic E-state index is 0.114. The Hall–Kier alpha value is -1.19. The molecule has 2 rings (SSSR count). The van der Waals surface area contributed by atoms with E-state index in [4.69, 9.17) is 18.0 Å². The molecule has 0 radical (unpaired) electrons. The smallest absolute Gasteiger partial charge is 0.302 e. The van der Waals surface area contributed by atoms with Crippen molar-refractivity contribution >= 4 is 33.2 Å². The van der Waals surface area contributed by atoms with Gasteiger partial charge in [0, 0.05) is 20.1 Å². The Balaban J connectivity index is 2.20. The van der Waals surface area contributed by atoms with E-state index in [1.165, 1.54) is 15.2 Å². The second-order valence-electron chi connectivity index (χ2n) is 5.08. The highest BCUT2D eigenvalue weighted by molar-refractivity contribution is 7.90. The fraction of sp³-hybridized carbons (Fsp3) is 0.636. The van der Waals surface area contributed by atoms with E-state index in [1.54, 1.807) is 7.05 Å². The van der Waals surface area contributed by atoms with Crippen LogP contribution in [-0.2, 0) is 17.3 Å². The lowest BCUT2D eigenvalue weighted by Crippen LogP contribution is -2.41. The van der Waals surface area contributed by atoms with Crippen LogP contribution < -0.4 is 10.5 Å². The van der Waals surface area contributed by atoms with Gasteiger partial charge >= 0.3 is 10.2 Å². The number of hydrogen-bond donors (Lipinski definition) is 2. The van der Waals surface area contributed by atoms with Crippen molar-refractivity contribution in [2.75, 3.05) is 17.8 Å². The van der Waals surface area contributed by atoms with E-state index in [2.05, 4.69) is 16.7 Å². The summed E-state index contributed by atoms with van der Waals surface area (Å²) in [7, 11) is -1.96. The van der Waals surface area contributed by atoms with Crippen LogP contribution in [0.4, 0.5) is 5.82 Å². The largest absolute Gasteiger partial charge is 0.389 e. The van der Waals surface area contributed by atoms with E-state index >= 15 is 0 Å². The van der Waals surface area contributed by atoms with Crippen LogP contribution in [0.2, 0.25) is 0 Å². The number of nitrogens with zero attached hydrogens (tertiary/aromatic N) is 3. The van der Waals surface area contributed by atoms with Gasteiger partial charge in [-0.2, -0.15) is 17.8 Å². The Morgan fingerprint density at radius 1 is 1.50 bits per heavy atom. The number of rotatable bonds is 4. The van der Waals surface area contributed by atoms with Crippen LogP contribution in [0.25, 0.3) is 0 Å². The molecule has 7 nitrogen and oxygen atoms in total. The van der Waals surface area contributed by atoms with Crippen LogP contribution in [-0.4, -0.2) is 40.6 Å². The number of hydrogen-bond acceptors (Lipinski definition) is 4. The highest BCUT2D eigenvalue weighted by Crippen LogP contribution is 2.21. The lowest BCUT2D eigenvalue weighted by molar-refractivity contribution is 0.289. The Labute approximate surface area is 124 Å². The van der Waals surface area contributed by atoms with E-state index in [9.17, 15) is 8.42 Å². The minimum Gasteiger partial charge on any atom is -0.389 e. The molecule has 0 saturated carbocycles. The molecule has 0 aromatic carbocycles. The Morgan fingerprint density at radius 3 is 2.65 bits per heavy atom. The normalized spacial score (nSPS) is 18.1. The fourth-order valence-corrected chi connectivity index (χ4v) is 3.61. The first-order valence-electron chi connectivity index (χ1n) is 6.41. The van der Waals surface area contributed by atoms with Crippen molar-refractivity contribution in [3.63, 3.8) is 0 Å². The van der Waals surface area contributed by atoms with Crippen LogP contribution in [0, 0.1) is 5.92 Å². The quantitative estimate of drug-likeness (QED) is 0.786. The van der Waals surface area contributed by atoms with Gasteiger partial charge in [0.1, 0.15) is 10.8 Å². The third-order valence-corrected chi connectivity index (χ3v) is 5.23. The van der Waals surface area contributed by atoms with Crippen LogP contribution in [0.1, 0.15) is 25.3 Å². The summed E-state index contributed by atoms with van der Waals surface area (Å²) in [5.74, 6) is 0.862. The maximum atomic E-state index is 12.4. The van der Waals surface area contributed by atoms with Gasteiger partial charge in [-0.3, -0.25) is 9.40 Å². The standard InChI is InChI=1S/C11H19N5O2S2/c1-8-3-5-16(6-4-8)20(17,18)14-11-9(10(12)19)7-13-15(11)2/h7-8,14H,3-6H2,1-2H3,(H2,12,19). The topological polar surface area (TPSA) is 93.2 Å². The summed E-state index contributed by atoms with van der Waals surface area (Å²) in [4.78, 5) is 0.114. The molecule has 3 N–H and O–H groups in total. The Kier molecular flexibility index (Phi) is 4.31. The summed E-state index contributed by atoms with van der Waals surface area (Å²) in [5.41, 5.74) is 6.00. The second-order valence-corrected chi connectivity index (χ2v) is 7.19. The molecule has 0 unspecified atom stereocenters. The molecule has 0 bridgehead atoms. The Morgan fingerprint density at radius 2 is 2.10 bits per heavy atom. The van der Waals surface area contributed by atoms with Crippen LogP contribution >= 0.6 is 12.2 Å². The highest BCUT2D eigenvalue weighted by atomic mass is 32.2. The van der Waals surface area contributed by atoms with Crippen molar-refractivity contribution in [3.05, 3.63) is 11.8 Å². The molecule has 1 saturated heterocycles. The lowest BCUT2D eigenvalue weighted by atomic mass is 10.0. The zero-order chi connectivity index (χ0) is 14.9. The zero-order valence-electron chi connectivity index (χ0n) is 11.5. The minimum atomic E-state index is -3.60. The highest BCUT2D eigenvalue weighted by Gasteiger charge is 2.28. The summed E-state index contributed by atoms with van der Waals surface area (Å²) in [6.07, 6.45) is 3.20. The van der Waals surface area contributed by atoms with Gasteiger partial charge in [-0.1, -0.05) is 19.1 Å². The monoisotopic (exact) mass is 317 g/mol. The number of nitrogens with one attached hydrogen (secondary N) is 1. The van der Waals surface area contributed by atoms with E-state index in [-0.39, 0.29) is 4.99 Å². The number of nitrogens with two attached hydrogens (primary N) is 1. The average molecular weight is 317 g/mol. The number of aromatic nitrogens is 2. The third-order valence-electron chi connectivity index (χ3n) is 3.51. The van der Waals surface area contributed by atoms with Gasteiger partial charge in [0.25, 0.3) is 0 Å². The maximum Gasteiger partial charge on any atom is 0.302 e. The molecule has 1 aliphatic rings. The first kappa shape index (κ1) is 15.2. The molecular weight excluding hydrogens is 298 g/mol. The summed E-state index contributed by atoms with van der Waals surface area (Å²) < 4.78 is 30.1. The van der Waals surface area contributed by atoms with Crippen molar-refractivity contribution < 1.29 is 8.42 Å². The molecule has 2 heterocycles. The predicted molar refractivity (Wildman–Crippen MR) is 81.6 cm³/mol. The van der Waals surface area contributed by atoms with Crippen molar-refractivity contribution in [2.45, 2.75) is 19.8 Å². The second kappa shape index (κ2) is 5.66. The van der Waals surface area contributed by atoms with Gasteiger partial charge in [0.2, 0.25) is 0 Å². The average Bonchev–Trinajstić information content (AvgIpc) is 2.71. The maximum absolute atomic E-state index is 12.4. The molecule has 0 spiro atoms. The molecular formula is C11H19N5O2S2. The molecule has 112 valence electrons. The predicted octanol–water partition coefficient (Wildman–Crippen LogP) is 0.443. The van der Waals surface area contributed by atoms with E-state index in [1.807, 2.05) is 0 Å². The van der Waals surface area contributed by atoms with E-state index in [0.717, 1.165) is 12.8 Å². The van der Waals surface area contributed by atoms with Gasteiger partial charge in [-0.15, -0.1) is 0 Å². The van der Waals surface area contributed by atoms with Gasteiger partial charge in [-0.05, 0) is 18.8 Å².